The molecule has 2 N–H and O–H groups in total. The molecule has 0 saturated heterocycles. The van der Waals surface area contributed by atoms with Crippen LogP contribution in [0.5, 0.6) is 11.5 Å². The van der Waals surface area contributed by atoms with E-state index < -0.39 is 0 Å². The minimum absolute atomic E-state index is 0.0883. The molecule has 0 unspecified atom stereocenters. The van der Waals surface area contributed by atoms with Gasteiger partial charge >= 0.3 is 0 Å². The molecule has 1 heterocycles. The molecular formula is C25H20IN3O3. The van der Waals surface area contributed by atoms with Gasteiger partial charge in [0.1, 0.15) is 0 Å². The Hall–Kier alpha value is -3.46. The number of pyridine rings is 1. The van der Waals surface area contributed by atoms with Crippen LogP contribution in [0.4, 0.5) is 0 Å². The molecular weight excluding hydrogens is 517 g/mol. The third-order valence-corrected chi connectivity index (χ3v) is 5.58. The number of phenols is 1. The number of hydrogen-bond acceptors (Lipinski definition) is 5. The van der Waals surface area contributed by atoms with Crippen molar-refractivity contribution in [2.75, 3.05) is 6.61 Å². The number of halogens is 1. The first-order valence-corrected chi connectivity index (χ1v) is 11.1. The molecule has 4 aromatic rings. The maximum absolute atomic E-state index is 13.0. The Morgan fingerprint density at radius 1 is 1.12 bits per heavy atom. The maximum Gasteiger partial charge on any atom is 0.272 e. The summed E-state index contributed by atoms with van der Waals surface area (Å²) in [4.78, 5) is 17.7. The molecule has 160 valence electrons. The number of aromatic hydroxyl groups is 1. The van der Waals surface area contributed by atoms with Crippen LogP contribution in [0, 0.1) is 3.57 Å². The van der Waals surface area contributed by atoms with E-state index in [-0.39, 0.29) is 11.7 Å². The van der Waals surface area contributed by atoms with Crippen LogP contribution in [0.1, 0.15) is 22.8 Å². The van der Waals surface area contributed by atoms with Gasteiger partial charge in [0.2, 0.25) is 0 Å². The number of hydrogen-bond donors (Lipinski definition) is 2. The van der Waals surface area contributed by atoms with Gasteiger partial charge in [-0.1, -0.05) is 48.5 Å². The number of fused-ring (bicyclic) bond motifs is 1. The highest BCUT2D eigenvalue weighted by molar-refractivity contribution is 14.1. The molecule has 3 aromatic carbocycles. The molecule has 0 spiro atoms. The van der Waals surface area contributed by atoms with Crippen LogP contribution in [0.2, 0.25) is 0 Å². The summed E-state index contributed by atoms with van der Waals surface area (Å²) >= 11 is 2.02. The van der Waals surface area contributed by atoms with Gasteiger partial charge in [-0.25, -0.2) is 10.4 Å². The number of amides is 1. The van der Waals surface area contributed by atoms with Crippen molar-refractivity contribution in [3.05, 3.63) is 87.5 Å². The Morgan fingerprint density at radius 3 is 2.66 bits per heavy atom. The van der Waals surface area contributed by atoms with E-state index in [4.69, 9.17) is 9.72 Å². The second-order valence-electron chi connectivity index (χ2n) is 6.92. The van der Waals surface area contributed by atoms with E-state index in [1.807, 2.05) is 84.1 Å². The summed E-state index contributed by atoms with van der Waals surface area (Å²) in [6.45, 7) is 2.27. The van der Waals surface area contributed by atoms with Gasteiger partial charge in [0.25, 0.3) is 5.91 Å². The first-order valence-electron chi connectivity index (χ1n) is 10.0. The average molecular weight is 537 g/mol. The molecule has 1 aromatic heterocycles. The summed E-state index contributed by atoms with van der Waals surface area (Å²) in [6.07, 6.45) is 1.52. The van der Waals surface area contributed by atoms with Crippen LogP contribution in [0.15, 0.2) is 77.9 Å². The van der Waals surface area contributed by atoms with Crippen LogP contribution < -0.4 is 10.2 Å². The molecule has 0 atom stereocenters. The van der Waals surface area contributed by atoms with Gasteiger partial charge in [0.05, 0.1) is 33.2 Å². The van der Waals surface area contributed by atoms with E-state index in [2.05, 4.69) is 10.5 Å². The average Bonchev–Trinajstić information content (AvgIpc) is 2.82. The summed E-state index contributed by atoms with van der Waals surface area (Å²) < 4.78 is 6.08. The van der Waals surface area contributed by atoms with Crippen molar-refractivity contribution in [3.63, 3.8) is 0 Å². The quantitative estimate of drug-likeness (QED) is 0.197. The van der Waals surface area contributed by atoms with Crippen LogP contribution in [-0.4, -0.2) is 28.8 Å². The van der Waals surface area contributed by atoms with Gasteiger partial charge in [-0.3, -0.25) is 4.79 Å². The van der Waals surface area contributed by atoms with Gasteiger partial charge in [0, 0.05) is 10.9 Å². The first kappa shape index (κ1) is 21.8. The summed E-state index contributed by atoms with van der Waals surface area (Å²) in [7, 11) is 0. The number of hydrazone groups is 1. The number of nitrogens with zero attached hydrogens (tertiary/aromatic N) is 2. The third kappa shape index (κ3) is 4.72. The largest absolute Gasteiger partial charge is 0.504 e. The first-order chi connectivity index (χ1) is 15.6. The van der Waals surface area contributed by atoms with E-state index in [9.17, 15) is 9.90 Å². The SMILES string of the molecule is CCOc1cc(/C=N\NC(=O)c2cc(-c3ccccc3)nc3ccccc23)cc(I)c1O. The highest BCUT2D eigenvalue weighted by Crippen LogP contribution is 2.32. The summed E-state index contributed by atoms with van der Waals surface area (Å²) in [5.41, 5.74) is 6.16. The lowest BCUT2D eigenvalue weighted by Crippen LogP contribution is -2.18. The molecule has 6 nitrogen and oxygen atoms in total. The lowest BCUT2D eigenvalue weighted by Gasteiger charge is -2.09. The van der Waals surface area contributed by atoms with Gasteiger partial charge < -0.3 is 9.84 Å². The molecule has 32 heavy (non-hydrogen) atoms. The Kier molecular flexibility index (Phi) is 6.65. The van der Waals surface area contributed by atoms with Gasteiger partial charge in [-0.05, 0) is 59.3 Å². The van der Waals surface area contributed by atoms with E-state index in [1.54, 1.807) is 18.2 Å². The second-order valence-corrected chi connectivity index (χ2v) is 8.08. The normalized spacial score (nSPS) is 11.1. The zero-order valence-electron chi connectivity index (χ0n) is 17.2. The molecule has 0 saturated carbocycles. The van der Waals surface area contributed by atoms with Gasteiger partial charge in [0.15, 0.2) is 11.5 Å². The van der Waals surface area contributed by atoms with E-state index in [1.165, 1.54) is 6.21 Å². The van der Waals surface area contributed by atoms with Gasteiger partial charge in [-0.15, -0.1) is 0 Å². The number of nitrogens with one attached hydrogen (secondary N) is 1. The number of phenolic OH excluding ortho intramolecular Hbond substituents is 1. The van der Waals surface area contributed by atoms with Crippen LogP contribution in [0.3, 0.4) is 0 Å². The van der Waals surface area contributed by atoms with Crippen molar-refractivity contribution >= 4 is 45.6 Å². The third-order valence-electron chi connectivity index (χ3n) is 4.76. The van der Waals surface area contributed by atoms with Crippen molar-refractivity contribution in [1.82, 2.24) is 10.4 Å². The Bertz CT molecular complexity index is 1310. The van der Waals surface area contributed by atoms with Crippen molar-refractivity contribution < 1.29 is 14.6 Å². The van der Waals surface area contributed by atoms with E-state index in [0.29, 0.717) is 32.7 Å². The summed E-state index contributed by atoms with van der Waals surface area (Å²) in [6, 6.07) is 22.5. The smallest absolute Gasteiger partial charge is 0.272 e. The molecule has 0 aliphatic heterocycles. The number of para-hydroxylation sites is 1. The van der Waals surface area contributed by atoms with Crippen LogP contribution in [0.25, 0.3) is 22.2 Å². The maximum atomic E-state index is 13.0. The van der Waals surface area contributed by atoms with E-state index in [0.717, 1.165) is 16.5 Å². The summed E-state index contributed by atoms with van der Waals surface area (Å²) in [5.74, 6) is 0.126. The highest BCUT2D eigenvalue weighted by Gasteiger charge is 2.14. The molecule has 0 bridgehead atoms. The Labute approximate surface area is 199 Å². The second kappa shape index (κ2) is 9.78. The zero-order valence-corrected chi connectivity index (χ0v) is 19.4. The van der Waals surface area contributed by atoms with Crippen molar-refractivity contribution in [3.8, 4) is 22.8 Å². The lowest BCUT2D eigenvalue weighted by atomic mass is 10.0. The molecule has 0 aliphatic carbocycles. The number of carbonyl (C=O) groups excluding carboxylic acids is 1. The zero-order chi connectivity index (χ0) is 22.5. The predicted octanol–water partition coefficient (Wildman–Crippen LogP) is 5.37. The monoisotopic (exact) mass is 537 g/mol. The minimum Gasteiger partial charge on any atom is -0.504 e. The predicted molar refractivity (Wildman–Crippen MR) is 134 cm³/mol. The number of rotatable bonds is 6. The van der Waals surface area contributed by atoms with Crippen LogP contribution >= 0.6 is 22.6 Å². The fourth-order valence-electron chi connectivity index (χ4n) is 3.28. The number of benzene rings is 3. The van der Waals surface area contributed by atoms with E-state index >= 15 is 0 Å². The highest BCUT2D eigenvalue weighted by atomic mass is 127. The van der Waals surface area contributed by atoms with Crippen molar-refractivity contribution in [2.24, 2.45) is 5.10 Å². The standard InChI is InChI=1S/C25H20IN3O3/c1-2-32-23-13-16(12-20(26)24(23)30)15-27-29-25(31)19-14-22(17-8-4-3-5-9-17)28-21-11-7-6-10-18(19)21/h3-15,30H,2H2,1H3,(H,29,31)/b27-15-. The molecule has 4 rings (SSSR count). The van der Waals surface area contributed by atoms with Crippen LogP contribution in [-0.2, 0) is 0 Å². The fourth-order valence-corrected chi connectivity index (χ4v) is 3.90. The molecule has 0 radical (unpaired) electrons. The fraction of sp³-hybridized carbons (Fsp3) is 0.0800. The molecule has 7 heteroatoms. The molecule has 0 fully saturated rings. The topological polar surface area (TPSA) is 83.8 Å². The van der Waals surface area contributed by atoms with Crippen molar-refractivity contribution in [1.29, 1.82) is 0 Å². The minimum atomic E-state index is -0.337. The van der Waals surface area contributed by atoms with Gasteiger partial charge in [-0.2, -0.15) is 5.10 Å². The molecule has 1 amide bonds. The Morgan fingerprint density at radius 2 is 1.88 bits per heavy atom. The van der Waals surface area contributed by atoms with Crippen molar-refractivity contribution in [2.45, 2.75) is 6.92 Å². The lowest BCUT2D eigenvalue weighted by molar-refractivity contribution is 0.0956. The molecule has 0 aliphatic rings. The number of aromatic nitrogens is 1. The number of ether oxygens (including phenoxy) is 1. The Balaban J connectivity index is 1.63. The summed E-state index contributed by atoms with van der Waals surface area (Å²) in [5, 5.41) is 14.9. The number of carbonyl (C=O) groups is 1.